The highest BCUT2D eigenvalue weighted by Crippen LogP contribution is 2.28. The summed E-state index contributed by atoms with van der Waals surface area (Å²) < 4.78 is 11.8. The third-order valence-corrected chi connectivity index (χ3v) is 5.10. The number of pyridine rings is 2. The van der Waals surface area contributed by atoms with Crippen molar-refractivity contribution < 1.29 is 8.83 Å². The number of H-pyrrole nitrogens is 1. The summed E-state index contributed by atoms with van der Waals surface area (Å²) in [5.74, 6) is 2.81. The Balaban J connectivity index is 1.35. The molecule has 0 atom stereocenters. The molecule has 0 saturated heterocycles. The Kier molecular flexibility index (Phi) is 4.89. The first kappa shape index (κ1) is 19.6. The van der Waals surface area contributed by atoms with Crippen LogP contribution in [0, 0.1) is 0 Å². The second-order valence-electron chi connectivity index (χ2n) is 7.30. The fourth-order valence-electron chi connectivity index (χ4n) is 3.52. The lowest BCUT2D eigenvalue weighted by molar-refractivity contribution is 0.587. The van der Waals surface area contributed by atoms with Crippen LogP contribution in [0.1, 0.15) is 0 Å². The van der Waals surface area contributed by atoms with Crippen LogP contribution in [-0.4, -0.2) is 24.9 Å². The molecule has 0 amide bonds. The van der Waals surface area contributed by atoms with Gasteiger partial charge in [0.15, 0.2) is 22.9 Å². The second kappa shape index (κ2) is 8.47. The summed E-state index contributed by atoms with van der Waals surface area (Å²) in [6.07, 6.45) is 8.54. The molecule has 0 aromatic carbocycles. The molecule has 0 unspecified atom stereocenters. The summed E-state index contributed by atoms with van der Waals surface area (Å²) in [5.41, 5.74) is 1.95. The van der Waals surface area contributed by atoms with Crippen LogP contribution in [0.5, 0.6) is 0 Å². The van der Waals surface area contributed by atoms with E-state index in [4.69, 9.17) is 8.83 Å². The molecule has 0 bridgehead atoms. The van der Waals surface area contributed by atoms with Crippen LogP contribution < -0.4 is 10.8 Å². The van der Waals surface area contributed by atoms with Gasteiger partial charge >= 0.3 is 0 Å². The Morgan fingerprint density at radius 2 is 1.44 bits per heavy atom. The van der Waals surface area contributed by atoms with Gasteiger partial charge in [0, 0.05) is 47.7 Å². The van der Waals surface area contributed by atoms with Gasteiger partial charge in [0.2, 0.25) is 5.88 Å². The highest BCUT2D eigenvalue weighted by molar-refractivity contribution is 5.91. The van der Waals surface area contributed by atoms with Gasteiger partial charge in [-0.15, -0.1) is 0 Å². The zero-order valence-corrected chi connectivity index (χ0v) is 17.7. The molecule has 6 rings (SSSR count). The van der Waals surface area contributed by atoms with Crippen molar-refractivity contribution in [3.63, 3.8) is 0 Å². The lowest BCUT2D eigenvalue weighted by atomic mass is 10.3. The summed E-state index contributed by atoms with van der Waals surface area (Å²) in [6, 6.07) is 18.6. The molecule has 9 nitrogen and oxygen atoms in total. The Bertz CT molecular complexity index is 1640. The first-order valence-corrected chi connectivity index (χ1v) is 10.5. The average molecular weight is 447 g/mol. The molecule has 0 fully saturated rings. The minimum atomic E-state index is 0.419. The van der Waals surface area contributed by atoms with E-state index < -0.39 is 0 Å². The molecule has 0 spiro atoms. The first-order valence-electron chi connectivity index (χ1n) is 10.5. The van der Waals surface area contributed by atoms with Crippen molar-refractivity contribution in [2.45, 2.75) is 0 Å². The number of fused-ring (bicyclic) bond motifs is 1. The molecule has 6 aromatic rings. The van der Waals surface area contributed by atoms with E-state index in [1.54, 1.807) is 18.5 Å². The normalized spacial score (nSPS) is 11.7. The Labute approximate surface area is 192 Å². The Morgan fingerprint density at radius 1 is 0.706 bits per heavy atom. The number of nitrogens with one attached hydrogen (secondary N) is 2. The van der Waals surface area contributed by atoms with Gasteiger partial charge in [0.1, 0.15) is 23.5 Å². The maximum atomic E-state index is 5.91. The lowest BCUT2D eigenvalue weighted by Crippen LogP contribution is -2.03. The minimum absolute atomic E-state index is 0.419. The predicted molar refractivity (Wildman–Crippen MR) is 126 cm³/mol. The number of rotatable bonds is 5. The number of aromatic nitrogens is 5. The molecule has 0 radical (unpaired) electrons. The fraction of sp³-hybridized carbons (Fsp3) is 0. The highest BCUT2D eigenvalue weighted by Gasteiger charge is 2.10. The maximum Gasteiger partial charge on any atom is 0.221 e. The number of hydrogen-bond acceptors (Lipinski definition) is 8. The van der Waals surface area contributed by atoms with Gasteiger partial charge in [-0.1, -0.05) is 12.1 Å². The van der Waals surface area contributed by atoms with E-state index >= 15 is 0 Å². The van der Waals surface area contributed by atoms with Gasteiger partial charge in [-0.3, -0.25) is 9.97 Å². The largest absolute Gasteiger partial charge is 0.439 e. The summed E-state index contributed by atoms with van der Waals surface area (Å²) >= 11 is 0. The average Bonchev–Trinajstić information content (AvgIpc) is 3.63. The van der Waals surface area contributed by atoms with Crippen molar-refractivity contribution in [1.29, 1.82) is 0 Å². The van der Waals surface area contributed by atoms with Gasteiger partial charge in [0.25, 0.3) is 0 Å². The smallest absolute Gasteiger partial charge is 0.221 e. The molecule has 9 heteroatoms. The molecular formula is C25H17N7O2. The van der Waals surface area contributed by atoms with Crippen molar-refractivity contribution in [3.05, 3.63) is 97.3 Å². The topological polar surface area (TPSA) is 118 Å². The minimum Gasteiger partial charge on any atom is -0.439 e. The third-order valence-electron chi connectivity index (χ3n) is 5.10. The Hall–Kier alpha value is -5.05. The van der Waals surface area contributed by atoms with E-state index in [9.17, 15) is 0 Å². The van der Waals surface area contributed by atoms with E-state index in [0.29, 0.717) is 34.6 Å². The Morgan fingerprint density at radius 3 is 2.21 bits per heavy atom. The van der Waals surface area contributed by atoms with Crippen LogP contribution in [0.4, 0.5) is 17.6 Å². The zero-order chi connectivity index (χ0) is 22.7. The van der Waals surface area contributed by atoms with E-state index in [2.05, 4.69) is 35.2 Å². The van der Waals surface area contributed by atoms with Gasteiger partial charge in [-0.2, -0.15) is 4.99 Å². The van der Waals surface area contributed by atoms with Crippen LogP contribution in [0.2, 0.25) is 0 Å². The van der Waals surface area contributed by atoms with E-state index in [0.717, 1.165) is 22.2 Å². The van der Waals surface area contributed by atoms with Crippen molar-refractivity contribution in [3.8, 4) is 22.9 Å². The predicted octanol–water partition coefficient (Wildman–Crippen LogP) is 5.24. The van der Waals surface area contributed by atoms with Crippen LogP contribution in [0.15, 0.2) is 106 Å². The molecule has 0 aliphatic carbocycles. The zero-order valence-electron chi connectivity index (χ0n) is 17.7. The molecule has 6 heterocycles. The van der Waals surface area contributed by atoms with Crippen molar-refractivity contribution >= 4 is 28.4 Å². The molecule has 164 valence electrons. The van der Waals surface area contributed by atoms with Crippen molar-refractivity contribution in [1.82, 2.24) is 24.9 Å². The SMILES string of the molecule is c1ccc(-c2ccc(/N=c3\ncnc(Nc4ccc(-c5ccccn5)o4)c4c[nH]cc34)o2)nc1. The maximum absolute atomic E-state index is 5.91. The number of hydrogen-bond donors (Lipinski definition) is 2. The lowest BCUT2D eigenvalue weighted by Gasteiger charge is -2.00. The molecular weight excluding hydrogens is 430 g/mol. The molecule has 2 N–H and O–H groups in total. The quantitative estimate of drug-likeness (QED) is 0.371. The van der Waals surface area contributed by atoms with E-state index in [1.165, 1.54) is 6.33 Å². The molecule has 0 aliphatic rings. The van der Waals surface area contributed by atoms with Gasteiger partial charge in [0.05, 0.1) is 0 Å². The first-order chi connectivity index (χ1) is 16.8. The number of aromatic amines is 1. The van der Waals surface area contributed by atoms with Gasteiger partial charge < -0.3 is 19.1 Å². The summed E-state index contributed by atoms with van der Waals surface area (Å²) in [6.45, 7) is 0. The number of nitrogens with zero attached hydrogens (tertiary/aromatic N) is 5. The molecule has 6 aromatic heterocycles. The standard InChI is InChI=1S/C25H17N7O2/c1-3-11-27-18(5-1)20-7-9-22(33-20)31-24-16-13-26-14-17(16)25(30-15-29-24)32-23-10-8-21(34-23)19-6-2-4-12-28-19/h1-15,26H,(H,29,30,31,32). The van der Waals surface area contributed by atoms with Gasteiger partial charge in [-0.05, 0) is 36.4 Å². The van der Waals surface area contributed by atoms with Crippen LogP contribution in [0.3, 0.4) is 0 Å². The monoisotopic (exact) mass is 447 g/mol. The third kappa shape index (κ3) is 3.82. The number of furan rings is 2. The van der Waals surface area contributed by atoms with Crippen LogP contribution in [0.25, 0.3) is 33.7 Å². The number of anilines is 2. The van der Waals surface area contributed by atoms with E-state index in [1.807, 2.05) is 67.0 Å². The van der Waals surface area contributed by atoms with E-state index in [-0.39, 0.29) is 0 Å². The second-order valence-corrected chi connectivity index (χ2v) is 7.30. The molecule has 34 heavy (non-hydrogen) atoms. The molecule has 0 aliphatic heterocycles. The van der Waals surface area contributed by atoms with Crippen LogP contribution >= 0.6 is 0 Å². The van der Waals surface area contributed by atoms with Crippen molar-refractivity contribution in [2.75, 3.05) is 5.32 Å². The van der Waals surface area contributed by atoms with Crippen LogP contribution in [-0.2, 0) is 0 Å². The summed E-state index contributed by atoms with van der Waals surface area (Å²) in [7, 11) is 0. The molecule has 0 saturated carbocycles. The summed E-state index contributed by atoms with van der Waals surface area (Å²) in [5, 5.41) is 4.79. The summed E-state index contributed by atoms with van der Waals surface area (Å²) in [4.78, 5) is 25.2. The van der Waals surface area contributed by atoms with Gasteiger partial charge in [-0.25, -0.2) is 9.97 Å². The highest BCUT2D eigenvalue weighted by atomic mass is 16.4. The fourth-order valence-corrected chi connectivity index (χ4v) is 3.52. The van der Waals surface area contributed by atoms with Crippen molar-refractivity contribution in [2.24, 2.45) is 4.99 Å².